The molecular formula is C16H25N3OS2. The summed E-state index contributed by atoms with van der Waals surface area (Å²) in [4.78, 5) is 18.2. The average Bonchev–Trinajstić information content (AvgIpc) is 3.08. The van der Waals surface area contributed by atoms with E-state index in [2.05, 4.69) is 32.9 Å². The molecule has 2 fully saturated rings. The van der Waals surface area contributed by atoms with Crippen molar-refractivity contribution >= 4 is 29.0 Å². The molecule has 0 radical (unpaired) electrons. The first-order valence-corrected chi connectivity index (χ1v) is 10.2. The van der Waals surface area contributed by atoms with Crippen LogP contribution in [-0.4, -0.2) is 66.0 Å². The molecule has 0 bridgehead atoms. The van der Waals surface area contributed by atoms with E-state index in [1.165, 1.54) is 29.2 Å². The molecule has 1 N–H and O–H groups in total. The van der Waals surface area contributed by atoms with Crippen LogP contribution in [-0.2, 0) is 11.3 Å². The minimum Gasteiger partial charge on any atom is -0.350 e. The lowest BCUT2D eigenvalue weighted by Crippen LogP contribution is -2.52. The highest BCUT2D eigenvalue weighted by atomic mass is 32.2. The van der Waals surface area contributed by atoms with Crippen LogP contribution in [0, 0.1) is 0 Å². The molecule has 0 saturated carbocycles. The molecule has 3 heterocycles. The topological polar surface area (TPSA) is 35.6 Å². The monoisotopic (exact) mass is 339 g/mol. The van der Waals surface area contributed by atoms with Gasteiger partial charge < -0.3 is 5.32 Å². The third kappa shape index (κ3) is 4.72. The second-order valence-corrected chi connectivity index (χ2v) is 8.27. The van der Waals surface area contributed by atoms with Crippen LogP contribution in [0.15, 0.2) is 17.5 Å². The summed E-state index contributed by atoms with van der Waals surface area (Å²) in [6, 6.07) is 4.87. The zero-order valence-corrected chi connectivity index (χ0v) is 14.6. The lowest BCUT2D eigenvalue weighted by molar-refractivity contribution is -0.122. The number of carbonyl (C=O) groups excluding carboxylic acids is 1. The quantitative estimate of drug-likeness (QED) is 0.888. The Bertz CT molecular complexity index is 452. The van der Waals surface area contributed by atoms with E-state index in [4.69, 9.17) is 0 Å². The van der Waals surface area contributed by atoms with E-state index in [0.29, 0.717) is 13.1 Å². The molecule has 1 aromatic heterocycles. The first-order valence-electron chi connectivity index (χ1n) is 8.14. The van der Waals surface area contributed by atoms with Gasteiger partial charge in [0.1, 0.15) is 0 Å². The molecule has 0 atom stereocenters. The van der Waals surface area contributed by atoms with Crippen LogP contribution < -0.4 is 5.32 Å². The van der Waals surface area contributed by atoms with Crippen LogP contribution in [0.5, 0.6) is 0 Å². The second kappa shape index (κ2) is 8.34. The summed E-state index contributed by atoms with van der Waals surface area (Å²) >= 11 is 3.78. The van der Waals surface area contributed by atoms with Crippen LogP contribution >= 0.6 is 23.1 Å². The summed E-state index contributed by atoms with van der Waals surface area (Å²) in [6.45, 7) is 5.49. The molecule has 1 amide bonds. The third-order valence-electron chi connectivity index (χ3n) is 4.52. The zero-order valence-electron chi connectivity index (χ0n) is 13.0. The van der Waals surface area contributed by atoms with Crippen molar-refractivity contribution in [2.45, 2.75) is 25.4 Å². The van der Waals surface area contributed by atoms with Gasteiger partial charge in [0.25, 0.3) is 0 Å². The van der Waals surface area contributed by atoms with Gasteiger partial charge in [-0.3, -0.25) is 14.6 Å². The van der Waals surface area contributed by atoms with Crippen LogP contribution in [0.25, 0.3) is 0 Å². The van der Waals surface area contributed by atoms with Crippen LogP contribution in [0.2, 0.25) is 0 Å². The lowest BCUT2D eigenvalue weighted by atomic mass is 10.1. The molecule has 2 aliphatic heterocycles. The summed E-state index contributed by atoms with van der Waals surface area (Å²) in [5, 5.41) is 5.07. The molecule has 3 rings (SSSR count). The Labute approximate surface area is 141 Å². The van der Waals surface area contributed by atoms with Gasteiger partial charge in [-0.15, -0.1) is 11.3 Å². The Balaban J connectivity index is 1.35. The highest BCUT2D eigenvalue weighted by Gasteiger charge is 2.25. The SMILES string of the molecule is O=C(CN1CCN(C2CCSCC2)CC1)NCc1cccs1. The van der Waals surface area contributed by atoms with Crippen molar-refractivity contribution in [2.24, 2.45) is 0 Å². The van der Waals surface area contributed by atoms with Gasteiger partial charge in [0, 0.05) is 37.1 Å². The molecule has 0 aliphatic carbocycles. The smallest absolute Gasteiger partial charge is 0.234 e. The first-order chi connectivity index (χ1) is 10.8. The Hall–Kier alpha value is -0.560. The molecule has 22 heavy (non-hydrogen) atoms. The molecular weight excluding hydrogens is 314 g/mol. The molecule has 1 aromatic rings. The predicted molar refractivity (Wildman–Crippen MR) is 94.5 cm³/mol. The maximum absolute atomic E-state index is 12.0. The van der Waals surface area contributed by atoms with Gasteiger partial charge >= 0.3 is 0 Å². The number of hydrogen-bond acceptors (Lipinski definition) is 5. The summed E-state index contributed by atoms with van der Waals surface area (Å²) in [6.07, 6.45) is 2.68. The molecule has 6 heteroatoms. The average molecular weight is 340 g/mol. The molecule has 0 aromatic carbocycles. The number of hydrogen-bond donors (Lipinski definition) is 1. The molecule has 2 aliphatic rings. The van der Waals surface area contributed by atoms with Gasteiger partial charge in [0.15, 0.2) is 0 Å². The van der Waals surface area contributed by atoms with Gasteiger partial charge in [-0.1, -0.05) is 6.07 Å². The number of amides is 1. The van der Waals surface area contributed by atoms with Crippen molar-refractivity contribution in [3.8, 4) is 0 Å². The fourth-order valence-corrected chi connectivity index (χ4v) is 4.92. The molecule has 122 valence electrons. The van der Waals surface area contributed by atoms with Crippen molar-refractivity contribution in [1.29, 1.82) is 0 Å². The maximum Gasteiger partial charge on any atom is 0.234 e. The van der Waals surface area contributed by atoms with Gasteiger partial charge in [0.2, 0.25) is 5.91 Å². The van der Waals surface area contributed by atoms with E-state index in [1.807, 2.05) is 11.4 Å². The molecule has 2 saturated heterocycles. The number of nitrogens with zero attached hydrogens (tertiary/aromatic N) is 2. The number of piperazine rings is 1. The molecule has 4 nitrogen and oxygen atoms in total. The summed E-state index contributed by atoms with van der Waals surface area (Å²) < 4.78 is 0. The highest BCUT2D eigenvalue weighted by Crippen LogP contribution is 2.22. The lowest BCUT2D eigenvalue weighted by Gasteiger charge is -2.40. The van der Waals surface area contributed by atoms with E-state index in [0.717, 1.165) is 32.2 Å². The number of carbonyl (C=O) groups is 1. The van der Waals surface area contributed by atoms with Crippen molar-refractivity contribution < 1.29 is 4.79 Å². The zero-order chi connectivity index (χ0) is 15.2. The van der Waals surface area contributed by atoms with E-state index in [1.54, 1.807) is 11.3 Å². The van der Waals surface area contributed by atoms with E-state index >= 15 is 0 Å². The standard InChI is InChI=1S/C16H25N3OS2/c20-16(17-12-15-2-1-9-22-15)13-18-5-7-19(8-6-18)14-3-10-21-11-4-14/h1-2,9,14H,3-8,10-13H2,(H,17,20). The third-order valence-corrected chi connectivity index (χ3v) is 6.45. The first kappa shape index (κ1) is 16.3. The van der Waals surface area contributed by atoms with Crippen molar-refractivity contribution in [2.75, 3.05) is 44.2 Å². The van der Waals surface area contributed by atoms with Gasteiger partial charge in [-0.05, 0) is 35.8 Å². The largest absolute Gasteiger partial charge is 0.350 e. The Kier molecular flexibility index (Phi) is 6.18. The van der Waals surface area contributed by atoms with E-state index in [-0.39, 0.29) is 5.91 Å². The maximum atomic E-state index is 12.0. The Morgan fingerprint density at radius 3 is 2.68 bits per heavy atom. The molecule has 0 unspecified atom stereocenters. The van der Waals surface area contributed by atoms with Gasteiger partial charge in [-0.25, -0.2) is 0 Å². The molecule has 0 spiro atoms. The second-order valence-electron chi connectivity index (χ2n) is 6.01. The minimum atomic E-state index is 0.149. The predicted octanol–water partition coefficient (Wildman–Crippen LogP) is 1.88. The normalized spacial score (nSPS) is 21.8. The van der Waals surface area contributed by atoms with Gasteiger partial charge in [-0.2, -0.15) is 11.8 Å². The van der Waals surface area contributed by atoms with E-state index in [9.17, 15) is 4.79 Å². The minimum absolute atomic E-state index is 0.149. The highest BCUT2D eigenvalue weighted by molar-refractivity contribution is 7.99. The fraction of sp³-hybridized carbons (Fsp3) is 0.688. The summed E-state index contributed by atoms with van der Waals surface area (Å²) in [7, 11) is 0. The number of thiophene rings is 1. The fourth-order valence-electron chi connectivity index (χ4n) is 3.19. The van der Waals surface area contributed by atoms with Crippen LogP contribution in [0.1, 0.15) is 17.7 Å². The summed E-state index contributed by atoms with van der Waals surface area (Å²) in [5.41, 5.74) is 0. The van der Waals surface area contributed by atoms with Crippen LogP contribution in [0.4, 0.5) is 0 Å². The van der Waals surface area contributed by atoms with Crippen molar-refractivity contribution in [1.82, 2.24) is 15.1 Å². The van der Waals surface area contributed by atoms with Crippen LogP contribution in [0.3, 0.4) is 0 Å². The van der Waals surface area contributed by atoms with Crippen molar-refractivity contribution in [3.63, 3.8) is 0 Å². The van der Waals surface area contributed by atoms with Crippen molar-refractivity contribution in [3.05, 3.63) is 22.4 Å². The summed E-state index contributed by atoms with van der Waals surface area (Å²) in [5.74, 6) is 2.78. The Morgan fingerprint density at radius 2 is 2.00 bits per heavy atom. The Morgan fingerprint density at radius 1 is 1.23 bits per heavy atom. The van der Waals surface area contributed by atoms with E-state index < -0.39 is 0 Å². The van der Waals surface area contributed by atoms with Gasteiger partial charge in [0.05, 0.1) is 13.1 Å². The number of thioether (sulfide) groups is 1. The number of nitrogens with one attached hydrogen (secondary N) is 1. The number of rotatable bonds is 5.